The van der Waals surface area contributed by atoms with Gasteiger partial charge in [-0.15, -0.1) is 0 Å². The molecule has 256 valence electrons. The third-order valence-electron chi connectivity index (χ3n) is 10.8. The molecular weight excluding hydrogens is 651 g/mol. The molecule has 0 saturated carbocycles. The van der Waals surface area contributed by atoms with Gasteiger partial charge in [-0.05, 0) is 129 Å². The minimum Gasteiger partial charge on any atom is -0.457 e. The summed E-state index contributed by atoms with van der Waals surface area (Å²) in [5.74, 6) is 1.48. The van der Waals surface area contributed by atoms with Crippen LogP contribution in [0.5, 0.6) is 11.5 Å². The number of pyridine rings is 3. The van der Waals surface area contributed by atoms with Crippen LogP contribution >= 0.6 is 0 Å². The number of fused-ring (bicyclic) bond motifs is 12. The predicted molar refractivity (Wildman–Crippen MR) is 218 cm³/mol. The van der Waals surface area contributed by atoms with Gasteiger partial charge in [-0.1, -0.05) is 53.6 Å². The quantitative estimate of drug-likeness (QED) is 0.173. The van der Waals surface area contributed by atoms with Crippen molar-refractivity contribution in [2.45, 2.75) is 41.5 Å². The Balaban J connectivity index is 1.15. The lowest BCUT2D eigenvalue weighted by atomic mass is 9.97. The van der Waals surface area contributed by atoms with Crippen LogP contribution in [0.1, 0.15) is 33.4 Å². The lowest BCUT2D eigenvalue weighted by molar-refractivity contribution is 0.484. The van der Waals surface area contributed by atoms with E-state index in [1.165, 1.54) is 44.3 Å². The van der Waals surface area contributed by atoms with Crippen molar-refractivity contribution in [1.29, 1.82) is 0 Å². The summed E-state index contributed by atoms with van der Waals surface area (Å²) < 4.78 is 11.1. The van der Waals surface area contributed by atoms with Gasteiger partial charge in [-0.25, -0.2) is 15.0 Å². The van der Waals surface area contributed by atoms with E-state index in [-0.39, 0.29) is 0 Å². The van der Waals surface area contributed by atoms with Gasteiger partial charge < -0.3 is 4.74 Å². The van der Waals surface area contributed by atoms with E-state index < -0.39 is 0 Å². The number of ether oxygens (including phenoxy) is 1. The maximum Gasteiger partial charge on any atom is 0.147 e. The predicted octanol–water partition coefficient (Wildman–Crippen LogP) is 12.0. The molecule has 0 aliphatic heterocycles. The Bertz CT molecular complexity index is 3070. The molecule has 0 radical (unpaired) electrons. The number of rotatable bonds is 4. The molecule has 5 aromatic carbocycles. The molecular formula is C47H37N5O. The lowest BCUT2D eigenvalue weighted by Gasteiger charge is -2.15. The standard InChI is InChI=1S/C47H37N5O/c1-26-18-28(3)43(29(4)19-26)40-25-51-45-37(11-9-17-48-45)35-16-14-33(23-39(35)47(51)50-40)53-32-13-15-34-36-10-7-8-12-41(36)52-42(24-49-46(52)38(34)22-32)44-30(5)20-27(2)21-31(44)6/h7-25H,1-6H3. The van der Waals surface area contributed by atoms with E-state index >= 15 is 0 Å². The van der Waals surface area contributed by atoms with Crippen molar-refractivity contribution in [3.8, 4) is 34.0 Å². The molecule has 6 nitrogen and oxygen atoms in total. The van der Waals surface area contributed by atoms with Crippen LogP contribution in [-0.2, 0) is 0 Å². The summed E-state index contributed by atoms with van der Waals surface area (Å²) in [6.45, 7) is 13.0. The smallest absolute Gasteiger partial charge is 0.147 e. The summed E-state index contributed by atoms with van der Waals surface area (Å²) >= 11 is 0. The third-order valence-corrected chi connectivity index (χ3v) is 10.8. The minimum absolute atomic E-state index is 0.737. The van der Waals surface area contributed by atoms with Crippen molar-refractivity contribution in [3.05, 3.63) is 149 Å². The average Bonchev–Trinajstić information content (AvgIpc) is 3.77. The maximum atomic E-state index is 6.71. The van der Waals surface area contributed by atoms with Crippen molar-refractivity contribution in [1.82, 2.24) is 23.8 Å². The van der Waals surface area contributed by atoms with Gasteiger partial charge in [0.2, 0.25) is 0 Å². The third kappa shape index (κ3) is 4.75. The van der Waals surface area contributed by atoms with Crippen LogP contribution in [0.2, 0.25) is 0 Å². The molecule has 0 aliphatic rings. The molecule has 0 atom stereocenters. The molecule has 53 heavy (non-hydrogen) atoms. The lowest BCUT2D eigenvalue weighted by Crippen LogP contribution is -1.97. The molecule has 5 heterocycles. The molecule has 0 amide bonds. The number of hydrogen-bond donors (Lipinski definition) is 0. The summed E-state index contributed by atoms with van der Waals surface area (Å²) in [6.07, 6.45) is 5.99. The fourth-order valence-corrected chi connectivity index (χ4v) is 8.83. The van der Waals surface area contributed by atoms with Crippen molar-refractivity contribution < 1.29 is 4.74 Å². The molecule has 10 rings (SSSR count). The second kappa shape index (κ2) is 11.5. The van der Waals surface area contributed by atoms with Gasteiger partial charge in [0.25, 0.3) is 0 Å². The van der Waals surface area contributed by atoms with Crippen LogP contribution in [0.4, 0.5) is 0 Å². The highest BCUT2D eigenvalue weighted by molar-refractivity contribution is 6.13. The van der Waals surface area contributed by atoms with Crippen molar-refractivity contribution in [2.75, 3.05) is 0 Å². The van der Waals surface area contributed by atoms with E-state index in [1.807, 2.05) is 24.5 Å². The van der Waals surface area contributed by atoms with Gasteiger partial charge in [-0.3, -0.25) is 8.80 Å². The molecule has 0 unspecified atom stereocenters. The van der Waals surface area contributed by atoms with Gasteiger partial charge >= 0.3 is 0 Å². The van der Waals surface area contributed by atoms with E-state index in [9.17, 15) is 0 Å². The Morgan fingerprint density at radius 2 is 1.11 bits per heavy atom. The van der Waals surface area contributed by atoms with E-state index in [2.05, 4.69) is 141 Å². The normalized spacial score (nSPS) is 12.0. The highest BCUT2D eigenvalue weighted by Crippen LogP contribution is 2.39. The van der Waals surface area contributed by atoms with Crippen molar-refractivity contribution in [2.24, 2.45) is 0 Å². The SMILES string of the molecule is Cc1cc(C)c(-c2cn3c4ncccc4c4ccc(Oc5ccc6c7ccccc7n7c(-c8c(C)cc(C)cc8C)cnc7c6c5)cc4c3n2)c(C)c1. The molecule has 10 aromatic rings. The largest absolute Gasteiger partial charge is 0.457 e. The van der Waals surface area contributed by atoms with Crippen LogP contribution in [0, 0.1) is 41.5 Å². The summed E-state index contributed by atoms with van der Waals surface area (Å²) in [5.41, 5.74) is 15.6. The first-order valence-corrected chi connectivity index (χ1v) is 18.1. The first-order valence-electron chi connectivity index (χ1n) is 18.1. The highest BCUT2D eigenvalue weighted by atomic mass is 16.5. The Kier molecular flexibility index (Phi) is 6.77. The minimum atomic E-state index is 0.737. The van der Waals surface area contributed by atoms with Gasteiger partial charge in [0.15, 0.2) is 0 Å². The number of aryl methyl sites for hydroxylation is 6. The number of benzene rings is 5. The Morgan fingerprint density at radius 3 is 1.81 bits per heavy atom. The summed E-state index contributed by atoms with van der Waals surface area (Å²) in [5, 5.41) is 6.51. The first kappa shape index (κ1) is 31.2. The summed E-state index contributed by atoms with van der Waals surface area (Å²) in [6, 6.07) is 34.3. The highest BCUT2D eigenvalue weighted by Gasteiger charge is 2.19. The van der Waals surface area contributed by atoms with Crippen LogP contribution in [-0.4, -0.2) is 23.8 Å². The fraction of sp³-hybridized carbons (Fsp3) is 0.128. The maximum absolute atomic E-state index is 6.71. The molecule has 6 heteroatoms. The molecule has 5 aromatic heterocycles. The van der Waals surface area contributed by atoms with Gasteiger partial charge in [0.1, 0.15) is 28.4 Å². The second-order valence-electron chi connectivity index (χ2n) is 14.6. The van der Waals surface area contributed by atoms with Gasteiger partial charge in [0, 0.05) is 45.1 Å². The number of hydrogen-bond acceptors (Lipinski definition) is 4. The zero-order valence-electron chi connectivity index (χ0n) is 30.6. The topological polar surface area (TPSA) is 56.7 Å². The zero-order chi connectivity index (χ0) is 36.1. The summed E-state index contributed by atoms with van der Waals surface area (Å²) in [7, 11) is 0. The summed E-state index contributed by atoms with van der Waals surface area (Å²) in [4.78, 5) is 15.1. The Labute approximate surface area is 307 Å². The number of para-hydroxylation sites is 1. The van der Waals surface area contributed by atoms with E-state index in [1.54, 1.807) is 0 Å². The fourth-order valence-electron chi connectivity index (χ4n) is 8.83. The molecule has 0 bridgehead atoms. The van der Waals surface area contributed by atoms with Crippen molar-refractivity contribution >= 4 is 54.8 Å². The van der Waals surface area contributed by atoms with E-state index in [4.69, 9.17) is 19.7 Å². The van der Waals surface area contributed by atoms with E-state index in [0.717, 1.165) is 77.8 Å². The van der Waals surface area contributed by atoms with E-state index in [0.29, 0.717) is 0 Å². The average molecular weight is 688 g/mol. The number of aromatic nitrogens is 5. The van der Waals surface area contributed by atoms with Crippen LogP contribution in [0.3, 0.4) is 0 Å². The van der Waals surface area contributed by atoms with Gasteiger partial charge in [0.05, 0.1) is 23.1 Å². The molecule has 0 saturated heterocycles. The van der Waals surface area contributed by atoms with Crippen LogP contribution in [0.25, 0.3) is 77.3 Å². The zero-order valence-corrected chi connectivity index (χ0v) is 30.6. The van der Waals surface area contributed by atoms with Gasteiger partial charge in [-0.2, -0.15) is 0 Å². The van der Waals surface area contributed by atoms with Crippen LogP contribution < -0.4 is 4.74 Å². The Morgan fingerprint density at radius 1 is 0.509 bits per heavy atom. The number of nitrogens with zero attached hydrogens (tertiary/aromatic N) is 5. The van der Waals surface area contributed by atoms with Crippen LogP contribution in [0.15, 0.2) is 116 Å². The monoisotopic (exact) mass is 687 g/mol. The molecule has 0 spiro atoms. The second-order valence-corrected chi connectivity index (χ2v) is 14.6. The molecule has 0 aliphatic carbocycles. The first-order chi connectivity index (χ1) is 25.7. The molecule has 0 N–H and O–H groups in total. The number of imidazole rings is 2. The molecule has 0 fully saturated rings. The van der Waals surface area contributed by atoms with Crippen molar-refractivity contribution in [3.63, 3.8) is 0 Å². The Hall–Kier alpha value is -6.53.